The maximum atomic E-state index is 12.5. The Labute approximate surface area is 179 Å². The lowest BCUT2D eigenvalue weighted by Crippen LogP contribution is -2.42. The Morgan fingerprint density at radius 2 is 1.80 bits per heavy atom. The fraction of sp³-hybridized carbons (Fsp3) is 0.591. The highest BCUT2D eigenvalue weighted by molar-refractivity contribution is 5.98. The number of carbonyl (C=O) groups excluding carboxylic acids is 2. The summed E-state index contributed by atoms with van der Waals surface area (Å²) >= 11 is 0. The van der Waals surface area contributed by atoms with Crippen molar-refractivity contribution in [3.8, 4) is 11.5 Å². The minimum Gasteiger partial charge on any atom is -0.493 e. The average molecular weight is 421 g/mol. The van der Waals surface area contributed by atoms with E-state index in [0.29, 0.717) is 30.4 Å². The van der Waals surface area contributed by atoms with Crippen molar-refractivity contribution < 1.29 is 19.1 Å². The smallest absolute Gasteiger partial charge is 0.244 e. The zero-order chi connectivity index (χ0) is 22.7. The molecule has 0 aliphatic heterocycles. The third-order valence-corrected chi connectivity index (χ3v) is 4.69. The first-order valence-electron chi connectivity index (χ1n) is 10.3. The van der Waals surface area contributed by atoms with E-state index in [-0.39, 0.29) is 30.1 Å². The van der Waals surface area contributed by atoms with Gasteiger partial charge in [-0.25, -0.2) is 4.99 Å². The lowest BCUT2D eigenvalue weighted by Gasteiger charge is -2.17. The Morgan fingerprint density at radius 1 is 1.13 bits per heavy atom. The van der Waals surface area contributed by atoms with E-state index in [9.17, 15) is 9.59 Å². The van der Waals surface area contributed by atoms with Gasteiger partial charge in [0.1, 0.15) is 6.04 Å². The predicted octanol–water partition coefficient (Wildman–Crippen LogP) is 2.25. The molecule has 168 valence electrons. The van der Waals surface area contributed by atoms with E-state index in [1.807, 2.05) is 13.8 Å². The molecule has 0 aliphatic rings. The Kier molecular flexibility index (Phi) is 10.7. The van der Waals surface area contributed by atoms with Crippen molar-refractivity contribution in [3.63, 3.8) is 0 Å². The molecule has 30 heavy (non-hydrogen) atoms. The largest absolute Gasteiger partial charge is 0.493 e. The van der Waals surface area contributed by atoms with Crippen LogP contribution in [0.5, 0.6) is 11.5 Å². The molecule has 0 bridgehead atoms. The SMILES string of the molecule is CC[C@H](C)CNC(=O)[C@@H](CC(C)C)N=C(N)NC(=O)Cc1ccc(OC)c(OC)c1. The van der Waals surface area contributed by atoms with Crippen LogP contribution in [-0.4, -0.2) is 44.6 Å². The number of hydrogen-bond donors (Lipinski definition) is 3. The van der Waals surface area contributed by atoms with E-state index in [2.05, 4.69) is 29.5 Å². The number of methoxy groups -OCH3 is 2. The van der Waals surface area contributed by atoms with Gasteiger partial charge in [-0.15, -0.1) is 0 Å². The Hall–Kier alpha value is -2.77. The zero-order valence-corrected chi connectivity index (χ0v) is 19.0. The molecule has 2 amide bonds. The number of nitrogens with zero attached hydrogens (tertiary/aromatic N) is 1. The van der Waals surface area contributed by atoms with Crippen LogP contribution in [0.1, 0.15) is 46.1 Å². The topological polar surface area (TPSA) is 115 Å². The first-order valence-corrected chi connectivity index (χ1v) is 10.3. The monoisotopic (exact) mass is 420 g/mol. The van der Waals surface area contributed by atoms with Gasteiger partial charge in [-0.05, 0) is 36.0 Å². The van der Waals surface area contributed by atoms with Gasteiger partial charge >= 0.3 is 0 Å². The minimum absolute atomic E-state index is 0.0650. The van der Waals surface area contributed by atoms with Crippen LogP contribution in [-0.2, 0) is 16.0 Å². The van der Waals surface area contributed by atoms with Gasteiger partial charge in [0.25, 0.3) is 0 Å². The van der Waals surface area contributed by atoms with Crippen molar-refractivity contribution in [3.05, 3.63) is 23.8 Å². The van der Waals surface area contributed by atoms with Crippen LogP contribution in [0.2, 0.25) is 0 Å². The van der Waals surface area contributed by atoms with Gasteiger partial charge in [-0.3, -0.25) is 14.9 Å². The molecule has 1 aromatic carbocycles. The molecule has 0 fully saturated rings. The summed E-state index contributed by atoms with van der Waals surface area (Å²) in [5.74, 6) is 1.19. The van der Waals surface area contributed by atoms with E-state index in [1.54, 1.807) is 25.3 Å². The number of carbonyl (C=O) groups is 2. The van der Waals surface area contributed by atoms with Crippen molar-refractivity contribution in [2.45, 2.75) is 53.0 Å². The zero-order valence-electron chi connectivity index (χ0n) is 19.0. The number of amides is 2. The lowest BCUT2D eigenvalue weighted by molar-refractivity contribution is -0.123. The summed E-state index contributed by atoms with van der Waals surface area (Å²) in [4.78, 5) is 29.2. The third-order valence-electron chi connectivity index (χ3n) is 4.69. The molecule has 0 radical (unpaired) electrons. The first kappa shape index (κ1) is 25.3. The summed E-state index contributed by atoms with van der Waals surface area (Å²) in [6, 6.07) is 4.60. The molecule has 0 saturated heterocycles. The maximum absolute atomic E-state index is 12.5. The molecule has 1 rings (SSSR count). The van der Waals surface area contributed by atoms with Crippen LogP contribution in [0, 0.1) is 11.8 Å². The highest BCUT2D eigenvalue weighted by atomic mass is 16.5. The summed E-state index contributed by atoms with van der Waals surface area (Å²) in [5, 5.41) is 5.49. The first-order chi connectivity index (χ1) is 14.2. The second kappa shape index (κ2) is 12.7. The van der Waals surface area contributed by atoms with Gasteiger partial charge in [0.05, 0.1) is 20.6 Å². The van der Waals surface area contributed by atoms with Gasteiger partial charge in [-0.2, -0.15) is 0 Å². The van der Waals surface area contributed by atoms with Crippen molar-refractivity contribution in [2.75, 3.05) is 20.8 Å². The van der Waals surface area contributed by atoms with Gasteiger partial charge in [0.2, 0.25) is 11.8 Å². The molecule has 4 N–H and O–H groups in total. The Bertz CT molecular complexity index is 734. The van der Waals surface area contributed by atoms with Crippen LogP contribution in [0.15, 0.2) is 23.2 Å². The maximum Gasteiger partial charge on any atom is 0.244 e. The van der Waals surface area contributed by atoms with Crippen LogP contribution < -0.4 is 25.8 Å². The molecule has 2 atom stereocenters. The summed E-state index contributed by atoms with van der Waals surface area (Å²) < 4.78 is 10.5. The molecule has 0 spiro atoms. The number of guanidine groups is 1. The van der Waals surface area contributed by atoms with Crippen molar-refractivity contribution >= 4 is 17.8 Å². The molecule has 0 saturated carbocycles. The second-order valence-electron chi connectivity index (χ2n) is 7.83. The molecule has 1 aromatic rings. The Balaban J connectivity index is 2.78. The molecule has 8 heteroatoms. The van der Waals surface area contributed by atoms with E-state index < -0.39 is 6.04 Å². The molecule has 0 aliphatic carbocycles. The van der Waals surface area contributed by atoms with Crippen LogP contribution in [0.25, 0.3) is 0 Å². The van der Waals surface area contributed by atoms with E-state index >= 15 is 0 Å². The molecular formula is C22H36N4O4. The van der Waals surface area contributed by atoms with Crippen LogP contribution >= 0.6 is 0 Å². The van der Waals surface area contributed by atoms with Crippen LogP contribution in [0.3, 0.4) is 0 Å². The number of nitrogens with one attached hydrogen (secondary N) is 2. The van der Waals surface area contributed by atoms with Gasteiger partial charge < -0.3 is 20.5 Å². The number of ether oxygens (including phenoxy) is 2. The highest BCUT2D eigenvalue weighted by Crippen LogP contribution is 2.27. The average Bonchev–Trinajstić information content (AvgIpc) is 2.70. The highest BCUT2D eigenvalue weighted by Gasteiger charge is 2.20. The molecule has 0 heterocycles. The molecular weight excluding hydrogens is 384 g/mol. The number of aliphatic imine (C=N–C) groups is 1. The molecule has 8 nitrogen and oxygen atoms in total. The molecule has 0 aromatic heterocycles. The minimum atomic E-state index is -0.643. The number of benzene rings is 1. The number of rotatable bonds is 11. The van der Waals surface area contributed by atoms with Gasteiger partial charge in [0, 0.05) is 6.54 Å². The van der Waals surface area contributed by atoms with Crippen molar-refractivity contribution in [2.24, 2.45) is 22.6 Å². The number of nitrogens with two attached hydrogens (primary N) is 1. The fourth-order valence-electron chi connectivity index (χ4n) is 2.77. The summed E-state index contributed by atoms with van der Waals surface area (Å²) in [7, 11) is 3.08. The van der Waals surface area contributed by atoms with Crippen molar-refractivity contribution in [1.29, 1.82) is 0 Å². The standard InChI is InChI=1S/C22H36N4O4/c1-7-15(4)13-24-21(28)17(10-14(2)3)25-22(23)26-20(27)12-16-8-9-18(29-5)19(11-16)30-6/h8-9,11,14-15,17H,7,10,12-13H2,1-6H3,(H,24,28)(H3,23,25,26,27)/t15-,17+/m0/s1. The summed E-state index contributed by atoms with van der Waals surface area (Å²) in [6.45, 7) is 8.76. The summed E-state index contributed by atoms with van der Waals surface area (Å²) in [5.41, 5.74) is 6.66. The van der Waals surface area contributed by atoms with E-state index in [0.717, 1.165) is 12.0 Å². The fourth-order valence-corrected chi connectivity index (χ4v) is 2.77. The third kappa shape index (κ3) is 8.71. The predicted molar refractivity (Wildman–Crippen MR) is 119 cm³/mol. The Morgan fingerprint density at radius 3 is 2.37 bits per heavy atom. The van der Waals surface area contributed by atoms with Crippen molar-refractivity contribution in [1.82, 2.24) is 10.6 Å². The molecule has 0 unspecified atom stereocenters. The summed E-state index contributed by atoms with van der Waals surface area (Å²) in [6.07, 6.45) is 1.61. The quantitative estimate of drug-likeness (QED) is 0.375. The lowest BCUT2D eigenvalue weighted by atomic mass is 10.0. The van der Waals surface area contributed by atoms with Gasteiger partial charge in [0.15, 0.2) is 17.5 Å². The normalized spacial score (nSPS) is 13.5. The van der Waals surface area contributed by atoms with Crippen LogP contribution in [0.4, 0.5) is 0 Å². The van der Waals surface area contributed by atoms with E-state index in [1.165, 1.54) is 7.11 Å². The second-order valence-corrected chi connectivity index (χ2v) is 7.83. The van der Waals surface area contributed by atoms with Gasteiger partial charge in [-0.1, -0.05) is 40.2 Å². The number of hydrogen-bond acceptors (Lipinski definition) is 5. The van der Waals surface area contributed by atoms with E-state index in [4.69, 9.17) is 15.2 Å².